The van der Waals surface area contributed by atoms with E-state index in [0.717, 1.165) is 12.1 Å². The highest BCUT2D eigenvalue weighted by Crippen LogP contribution is 2.15. The second kappa shape index (κ2) is 4.34. The van der Waals surface area contributed by atoms with Crippen molar-refractivity contribution in [1.29, 1.82) is 0 Å². The van der Waals surface area contributed by atoms with Crippen LogP contribution >= 0.6 is 0 Å². The van der Waals surface area contributed by atoms with Crippen LogP contribution in [0.5, 0.6) is 0 Å². The molecular formula is C10H12N2. The van der Waals surface area contributed by atoms with E-state index < -0.39 is 0 Å². The lowest BCUT2D eigenvalue weighted by molar-refractivity contribution is 1.24. The third-order valence-corrected chi connectivity index (χ3v) is 1.58. The molecule has 12 heavy (non-hydrogen) atoms. The van der Waals surface area contributed by atoms with Crippen molar-refractivity contribution in [3.05, 3.63) is 42.5 Å². The van der Waals surface area contributed by atoms with Crippen LogP contribution in [0.1, 0.15) is 5.56 Å². The quantitative estimate of drug-likeness (QED) is 0.408. The zero-order chi connectivity index (χ0) is 8.81. The summed E-state index contributed by atoms with van der Waals surface area (Å²) in [7, 11) is 0. The molecule has 0 bridgehead atoms. The largest absolute Gasteiger partial charge is 0.279 e. The van der Waals surface area contributed by atoms with Crippen LogP contribution in [0.3, 0.4) is 0 Å². The molecule has 2 heteroatoms. The zero-order valence-electron chi connectivity index (χ0n) is 6.96. The molecule has 0 atom stereocenters. The molecule has 0 unspecified atom stereocenters. The summed E-state index contributed by atoms with van der Waals surface area (Å²) in [5, 5.41) is 3.61. The summed E-state index contributed by atoms with van der Waals surface area (Å²) in [6, 6.07) is 7.95. The van der Waals surface area contributed by atoms with Gasteiger partial charge in [-0.25, -0.2) is 0 Å². The van der Waals surface area contributed by atoms with Crippen molar-refractivity contribution < 1.29 is 0 Å². The van der Waals surface area contributed by atoms with Gasteiger partial charge in [0.1, 0.15) is 0 Å². The summed E-state index contributed by atoms with van der Waals surface area (Å²) in [6.07, 6.45) is 2.71. The van der Waals surface area contributed by atoms with Gasteiger partial charge in [0, 0.05) is 6.72 Å². The van der Waals surface area contributed by atoms with Gasteiger partial charge in [-0.15, -0.1) is 6.58 Å². The van der Waals surface area contributed by atoms with Crippen molar-refractivity contribution >= 4 is 12.4 Å². The van der Waals surface area contributed by atoms with Crippen LogP contribution in [-0.2, 0) is 6.42 Å². The Bertz CT molecular complexity index is 250. The number of anilines is 1. The van der Waals surface area contributed by atoms with Crippen molar-refractivity contribution in [1.82, 2.24) is 0 Å². The Kier molecular flexibility index (Phi) is 3.08. The van der Waals surface area contributed by atoms with Crippen molar-refractivity contribution in [3.8, 4) is 0 Å². The molecule has 0 aliphatic heterocycles. The minimum Gasteiger partial charge on any atom is -0.279 e. The first-order valence-corrected chi connectivity index (χ1v) is 3.79. The maximum Gasteiger partial charge on any atom is 0.0596 e. The minimum atomic E-state index is 0.846. The Balaban J connectivity index is 2.90. The summed E-state index contributed by atoms with van der Waals surface area (Å²) in [6.45, 7) is 7.05. The van der Waals surface area contributed by atoms with Crippen molar-refractivity contribution in [2.75, 3.05) is 5.43 Å². The number of hydrazone groups is 1. The molecule has 0 aromatic heterocycles. The summed E-state index contributed by atoms with van der Waals surface area (Å²) in [5.41, 5.74) is 5.00. The second-order valence-corrected chi connectivity index (χ2v) is 2.42. The van der Waals surface area contributed by atoms with Gasteiger partial charge in [-0.2, -0.15) is 5.10 Å². The molecule has 0 aliphatic rings. The Morgan fingerprint density at radius 3 is 2.83 bits per heavy atom. The molecule has 0 heterocycles. The molecule has 1 N–H and O–H groups in total. The summed E-state index contributed by atoms with van der Waals surface area (Å²) >= 11 is 0. The predicted octanol–water partition coefficient (Wildman–Crippen LogP) is 2.44. The number of hydrogen-bond acceptors (Lipinski definition) is 2. The van der Waals surface area contributed by atoms with E-state index >= 15 is 0 Å². The van der Waals surface area contributed by atoms with Gasteiger partial charge in [0.15, 0.2) is 0 Å². The fourth-order valence-corrected chi connectivity index (χ4v) is 1.05. The van der Waals surface area contributed by atoms with Crippen LogP contribution in [0.15, 0.2) is 42.0 Å². The first-order chi connectivity index (χ1) is 5.88. The number of rotatable bonds is 4. The molecule has 0 aliphatic carbocycles. The number of hydrogen-bond donors (Lipinski definition) is 1. The lowest BCUT2D eigenvalue weighted by atomic mass is 10.1. The fraction of sp³-hybridized carbons (Fsp3) is 0.100. The van der Waals surface area contributed by atoms with Gasteiger partial charge < -0.3 is 0 Å². The van der Waals surface area contributed by atoms with Gasteiger partial charge in [0.2, 0.25) is 0 Å². The molecule has 0 fully saturated rings. The van der Waals surface area contributed by atoms with Crippen molar-refractivity contribution in [3.63, 3.8) is 0 Å². The topological polar surface area (TPSA) is 24.4 Å². The molecule has 0 spiro atoms. The van der Waals surface area contributed by atoms with Crippen LogP contribution in [0.2, 0.25) is 0 Å². The molecule has 1 aromatic rings. The normalized spacial score (nSPS) is 9.00. The molecular weight excluding hydrogens is 148 g/mol. The monoisotopic (exact) mass is 160 g/mol. The average Bonchev–Trinajstić information content (AvgIpc) is 2.09. The van der Waals surface area contributed by atoms with E-state index in [2.05, 4.69) is 23.8 Å². The third-order valence-electron chi connectivity index (χ3n) is 1.58. The molecule has 62 valence electrons. The van der Waals surface area contributed by atoms with Gasteiger partial charge in [0.05, 0.1) is 5.69 Å². The summed E-state index contributed by atoms with van der Waals surface area (Å²) in [5.74, 6) is 0. The Morgan fingerprint density at radius 1 is 1.42 bits per heavy atom. The van der Waals surface area contributed by atoms with Gasteiger partial charge in [-0.1, -0.05) is 24.3 Å². The van der Waals surface area contributed by atoms with E-state index in [4.69, 9.17) is 0 Å². The molecule has 1 aromatic carbocycles. The highest BCUT2D eigenvalue weighted by atomic mass is 15.3. The Hall–Kier alpha value is -1.57. The Morgan fingerprint density at radius 2 is 2.17 bits per heavy atom. The van der Waals surface area contributed by atoms with Crippen molar-refractivity contribution in [2.24, 2.45) is 5.10 Å². The number of para-hydroxylation sites is 1. The molecule has 0 saturated carbocycles. The maximum absolute atomic E-state index is 3.68. The Labute approximate surface area is 72.6 Å². The van der Waals surface area contributed by atoms with E-state index in [9.17, 15) is 0 Å². The molecule has 0 saturated heterocycles. The molecule has 0 radical (unpaired) electrons. The highest BCUT2D eigenvalue weighted by Gasteiger charge is 1.96. The lowest BCUT2D eigenvalue weighted by Crippen LogP contribution is -1.92. The van der Waals surface area contributed by atoms with Crippen LogP contribution in [0, 0.1) is 0 Å². The standard InChI is InChI=1S/C10H12N2/c1-3-6-9-7-4-5-8-10(9)12-11-2/h3-5,7-8,12H,1-2,6H2. The molecule has 2 nitrogen and oxygen atoms in total. The van der Waals surface area contributed by atoms with Crippen LogP contribution in [0.4, 0.5) is 5.69 Å². The number of nitrogens with zero attached hydrogens (tertiary/aromatic N) is 1. The van der Waals surface area contributed by atoms with Crippen LogP contribution in [0.25, 0.3) is 0 Å². The average molecular weight is 160 g/mol. The molecule has 1 rings (SSSR count). The van der Waals surface area contributed by atoms with Gasteiger partial charge >= 0.3 is 0 Å². The SMILES string of the molecule is C=CCc1ccccc1NN=C. The second-order valence-electron chi connectivity index (χ2n) is 2.42. The zero-order valence-corrected chi connectivity index (χ0v) is 6.96. The highest BCUT2D eigenvalue weighted by molar-refractivity contribution is 5.52. The fourth-order valence-electron chi connectivity index (χ4n) is 1.05. The number of benzene rings is 1. The van der Waals surface area contributed by atoms with E-state index in [1.165, 1.54) is 5.56 Å². The first kappa shape index (κ1) is 8.53. The number of allylic oxidation sites excluding steroid dienone is 1. The third kappa shape index (κ3) is 1.95. The minimum absolute atomic E-state index is 0.846. The van der Waals surface area contributed by atoms with Gasteiger partial charge in [-0.05, 0) is 18.1 Å². The van der Waals surface area contributed by atoms with Crippen molar-refractivity contribution in [2.45, 2.75) is 6.42 Å². The lowest BCUT2D eigenvalue weighted by Gasteiger charge is -2.04. The van der Waals surface area contributed by atoms with Crippen LogP contribution in [-0.4, -0.2) is 6.72 Å². The summed E-state index contributed by atoms with van der Waals surface area (Å²) in [4.78, 5) is 0. The van der Waals surface area contributed by atoms with E-state index in [1.54, 1.807) is 0 Å². The maximum atomic E-state index is 3.68. The van der Waals surface area contributed by atoms with Gasteiger partial charge in [-0.3, -0.25) is 5.43 Å². The molecule has 0 amide bonds. The van der Waals surface area contributed by atoms with Crippen LogP contribution < -0.4 is 5.43 Å². The van der Waals surface area contributed by atoms with E-state index in [1.807, 2.05) is 30.3 Å². The number of nitrogens with one attached hydrogen (secondary N) is 1. The summed E-state index contributed by atoms with van der Waals surface area (Å²) < 4.78 is 0. The van der Waals surface area contributed by atoms with E-state index in [0.29, 0.717) is 0 Å². The van der Waals surface area contributed by atoms with Gasteiger partial charge in [0.25, 0.3) is 0 Å². The predicted molar refractivity (Wildman–Crippen MR) is 53.5 cm³/mol. The van der Waals surface area contributed by atoms with E-state index in [-0.39, 0.29) is 0 Å². The smallest absolute Gasteiger partial charge is 0.0596 e. The first-order valence-electron chi connectivity index (χ1n) is 3.79.